The van der Waals surface area contributed by atoms with Crippen molar-refractivity contribution in [1.29, 1.82) is 0 Å². The first-order chi connectivity index (χ1) is 13.5. The topological polar surface area (TPSA) is 84.3 Å². The average Bonchev–Trinajstić information content (AvgIpc) is 2.69. The van der Waals surface area contributed by atoms with Gasteiger partial charge >= 0.3 is 0 Å². The second kappa shape index (κ2) is 9.05. The molecule has 1 amide bonds. The van der Waals surface area contributed by atoms with Crippen molar-refractivity contribution in [2.24, 2.45) is 0 Å². The number of rotatable bonds is 7. The highest BCUT2D eigenvalue weighted by molar-refractivity contribution is 7.99. The van der Waals surface area contributed by atoms with E-state index in [9.17, 15) is 14.9 Å². The fourth-order valence-corrected chi connectivity index (χ4v) is 3.53. The molecule has 3 aromatic carbocycles. The van der Waals surface area contributed by atoms with E-state index < -0.39 is 4.92 Å². The molecule has 0 unspecified atom stereocenters. The molecular formula is C21H19N3O3S. The quantitative estimate of drug-likeness (QED) is 0.431. The maximum atomic E-state index is 12.3. The van der Waals surface area contributed by atoms with Crippen LogP contribution in [0.25, 0.3) is 0 Å². The highest BCUT2D eigenvalue weighted by Crippen LogP contribution is 2.33. The van der Waals surface area contributed by atoms with Crippen LogP contribution in [0.4, 0.5) is 17.1 Å². The zero-order valence-electron chi connectivity index (χ0n) is 15.2. The number of nitro groups is 1. The number of carbonyl (C=O) groups excluding carboxylic acids is 1. The SMILES string of the molecule is Cc1ccc(NC(=O)CNc2ccccc2Sc2ccccc2)c([N+](=O)[O-])c1. The summed E-state index contributed by atoms with van der Waals surface area (Å²) in [5.41, 5.74) is 1.65. The van der Waals surface area contributed by atoms with E-state index in [1.165, 1.54) is 6.07 Å². The standard InChI is InChI=1S/C21H19N3O3S/c1-15-11-12-17(19(13-15)24(26)27)23-21(25)14-22-18-9-5-6-10-20(18)28-16-7-3-2-4-8-16/h2-13,22H,14H2,1H3,(H,23,25). The molecule has 0 aliphatic rings. The highest BCUT2D eigenvalue weighted by Gasteiger charge is 2.16. The van der Waals surface area contributed by atoms with Gasteiger partial charge in [0.2, 0.25) is 5.91 Å². The molecule has 0 heterocycles. The number of carbonyl (C=O) groups is 1. The summed E-state index contributed by atoms with van der Waals surface area (Å²) in [6.45, 7) is 1.76. The number of amides is 1. The normalized spacial score (nSPS) is 10.3. The number of nitrogens with one attached hydrogen (secondary N) is 2. The fraction of sp³-hybridized carbons (Fsp3) is 0.0952. The lowest BCUT2D eigenvalue weighted by molar-refractivity contribution is -0.384. The van der Waals surface area contributed by atoms with Gasteiger partial charge < -0.3 is 10.6 Å². The Hall–Kier alpha value is -3.32. The lowest BCUT2D eigenvalue weighted by Crippen LogP contribution is -2.22. The van der Waals surface area contributed by atoms with Gasteiger partial charge in [0.1, 0.15) is 5.69 Å². The molecule has 0 atom stereocenters. The van der Waals surface area contributed by atoms with Crippen molar-refractivity contribution in [3.8, 4) is 0 Å². The summed E-state index contributed by atoms with van der Waals surface area (Å²) >= 11 is 1.59. The van der Waals surface area contributed by atoms with E-state index in [1.54, 1.807) is 30.8 Å². The van der Waals surface area contributed by atoms with Crippen LogP contribution < -0.4 is 10.6 Å². The number of anilines is 2. The Labute approximate surface area is 167 Å². The van der Waals surface area contributed by atoms with Gasteiger partial charge in [-0.3, -0.25) is 14.9 Å². The minimum Gasteiger partial charge on any atom is -0.375 e. The highest BCUT2D eigenvalue weighted by atomic mass is 32.2. The largest absolute Gasteiger partial charge is 0.375 e. The molecule has 7 heteroatoms. The summed E-state index contributed by atoms with van der Waals surface area (Å²) in [4.78, 5) is 25.1. The summed E-state index contributed by atoms with van der Waals surface area (Å²) in [6.07, 6.45) is 0. The van der Waals surface area contributed by atoms with E-state index in [2.05, 4.69) is 10.6 Å². The molecule has 0 fully saturated rings. The average molecular weight is 393 g/mol. The van der Waals surface area contributed by atoms with Crippen molar-refractivity contribution in [3.05, 3.63) is 88.5 Å². The van der Waals surface area contributed by atoms with Crippen molar-refractivity contribution >= 4 is 34.7 Å². The Morgan fingerprint density at radius 1 is 1.00 bits per heavy atom. The second-order valence-corrected chi connectivity index (χ2v) is 7.21. The Bertz CT molecular complexity index is 993. The predicted octanol–water partition coefficient (Wildman–Crippen LogP) is 5.11. The van der Waals surface area contributed by atoms with Crippen LogP contribution in [0.15, 0.2) is 82.6 Å². The number of para-hydroxylation sites is 1. The molecule has 0 aromatic heterocycles. The van der Waals surface area contributed by atoms with Crippen molar-refractivity contribution in [2.45, 2.75) is 16.7 Å². The van der Waals surface area contributed by atoms with Gasteiger partial charge in [-0.2, -0.15) is 0 Å². The number of nitro benzene ring substituents is 1. The summed E-state index contributed by atoms with van der Waals surface area (Å²) in [5, 5.41) is 16.9. The zero-order valence-corrected chi connectivity index (χ0v) is 16.0. The molecule has 2 N–H and O–H groups in total. The van der Waals surface area contributed by atoms with Crippen LogP contribution in [-0.4, -0.2) is 17.4 Å². The van der Waals surface area contributed by atoms with Crippen LogP contribution in [-0.2, 0) is 4.79 Å². The lowest BCUT2D eigenvalue weighted by Gasteiger charge is -2.12. The maximum absolute atomic E-state index is 12.3. The predicted molar refractivity (Wildman–Crippen MR) is 112 cm³/mol. The molecule has 142 valence electrons. The van der Waals surface area contributed by atoms with E-state index >= 15 is 0 Å². The Morgan fingerprint density at radius 2 is 1.71 bits per heavy atom. The smallest absolute Gasteiger partial charge is 0.293 e. The van der Waals surface area contributed by atoms with Gasteiger partial charge in [-0.25, -0.2) is 0 Å². The van der Waals surface area contributed by atoms with Crippen LogP contribution in [0, 0.1) is 17.0 Å². The van der Waals surface area contributed by atoms with Crippen LogP contribution >= 0.6 is 11.8 Å². The fourth-order valence-electron chi connectivity index (χ4n) is 2.59. The molecule has 0 bridgehead atoms. The van der Waals surface area contributed by atoms with Gasteiger partial charge in [0.25, 0.3) is 5.69 Å². The molecule has 0 spiro atoms. The molecule has 0 aliphatic heterocycles. The van der Waals surface area contributed by atoms with Gasteiger partial charge in [-0.1, -0.05) is 48.2 Å². The number of aryl methyl sites for hydroxylation is 1. The monoisotopic (exact) mass is 393 g/mol. The molecule has 0 radical (unpaired) electrons. The second-order valence-electron chi connectivity index (χ2n) is 6.09. The van der Waals surface area contributed by atoms with E-state index in [1.807, 2.05) is 54.6 Å². The van der Waals surface area contributed by atoms with Crippen molar-refractivity contribution in [2.75, 3.05) is 17.2 Å². The molecule has 6 nitrogen and oxygen atoms in total. The third kappa shape index (κ3) is 5.11. The molecule has 3 aromatic rings. The van der Waals surface area contributed by atoms with Crippen LogP contribution in [0.1, 0.15) is 5.56 Å². The first-order valence-electron chi connectivity index (χ1n) is 8.63. The molecule has 3 rings (SSSR count). The van der Waals surface area contributed by atoms with Gasteiger partial charge in [0.15, 0.2) is 0 Å². The van der Waals surface area contributed by atoms with Crippen molar-refractivity contribution in [1.82, 2.24) is 0 Å². The Balaban J connectivity index is 1.67. The third-order valence-corrected chi connectivity index (χ3v) is 5.01. The van der Waals surface area contributed by atoms with E-state index in [0.717, 1.165) is 21.0 Å². The number of nitrogens with zero attached hydrogens (tertiary/aromatic N) is 1. The first kappa shape index (κ1) is 19.4. The van der Waals surface area contributed by atoms with Crippen LogP contribution in [0.3, 0.4) is 0 Å². The summed E-state index contributed by atoms with van der Waals surface area (Å²) in [7, 11) is 0. The number of hydrogen-bond donors (Lipinski definition) is 2. The molecule has 0 saturated heterocycles. The number of hydrogen-bond acceptors (Lipinski definition) is 5. The lowest BCUT2D eigenvalue weighted by atomic mass is 10.2. The van der Waals surface area contributed by atoms with Crippen LogP contribution in [0.2, 0.25) is 0 Å². The first-order valence-corrected chi connectivity index (χ1v) is 9.45. The van der Waals surface area contributed by atoms with Gasteiger partial charge in [-0.05, 0) is 42.8 Å². The van der Waals surface area contributed by atoms with Gasteiger partial charge in [0.05, 0.1) is 11.5 Å². The van der Waals surface area contributed by atoms with Gasteiger partial charge in [0, 0.05) is 21.5 Å². The summed E-state index contributed by atoms with van der Waals surface area (Å²) < 4.78 is 0. The molecular weight excluding hydrogens is 374 g/mol. The van der Waals surface area contributed by atoms with Crippen molar-refractivity contribution in [3.63, 3.8) is 0 Å². The van der Waals surface area contributed by atoms with Gasteiger partial charge in [-0.15, -0.1) is 0 Å². The van der Waals surface area contributed by atoms with E-state index in [4.69, 9.17) is 0 Å². The Morgan fingerprint density at radius 3 is 2.46 bits per heavy atom. The summed E-state index contributed by atoms with van der Waals surface area (Å²) in [5.74, 6) is -0.355. The van der Waals surface area contributed by atoms with E-state index in [0.29, 0.717) is 0 Å². The van der Waals surface area contributed by atoms with Crippen LogP contribution in [0.5, 0.6) is 0 Å². The summed E-state index contributed by atoms with van der Waals surface area (Å²) in [6, 6.07) is 22.3. The molecule has 0 saturated carbocycles. The number of benzene rings is 3. The molecule has 28 heavy (non-hydrogen) atoms. The molecule has 0 aliphatic carbocycles. The van der Waals surface area contributed by atoms with E-state index in [-0.39, 0.29) is 23.8 Å². The minimum absolute atomic E-state index is 0.00259. The third-order valence-electron chi connectivity index (χ3n) is 3.92. The van der Waals surface area contributed by atoms with Crippen molar-refractivity contribution < 1.29 is 9.72 Å². The minimum atomic E-state index is -0.498. The Kier molecular flexibility index (Phi) is 6.29. The maximum Gasteiger partial charge on any atom is 0.293 e. The zero-order chi connectivity index (χ0) is 19.9.